The summed E-state index contributed by atoms with van der Waals surface area (Å²) in [6, 6.07) is 10.0. The molecule has 0 spiro atoms. The minimum atomic E-state index is -0.319. The van der Waals surface area contributed by atoms with Crippen molar-refractivity contribution in [2.45, 2.75) is 44.9 Å². The standard InChI is InChI=1S/C16H22O5/c1-12(17)19-11-15-8-14(9-16(18-2)21-15)20-10-13-6-4-3-5-7-13/h3-7,14-16H,8-11H2,1-2H3. The summed E-state index contributed by atoms with van der Waals surface area (Å²) < 4.78 is 21.9. The number of hydrogen-bond acceptors (Lipinski definition) is 5. The smallest absolute Gasteiger partial charge is 0.302 e. The van der Waals surface area contributed by atoms with Gasteiger partial charge in [0.15, 0.2) is 6.29 Å². The van der Waals surface area contributed by atoms with Crippen LogP contribution in [0.2, 0.25) is 0 Å². The maximum Gasteiger partial charge on any atom is 0.302 e. The van der Waals surface area contributed by atoms with Crippen molar-refractivity contribution in [2.75, 3.05) is 13.7 Å². The molecule has 0 amide bonds. The maximum atomic E-state index is 10.9. The summed E-state index contributed by atoms with van der Waals surface area (Å²) in [5.74, 6) is -0.306. The van der Waals surface area contributed by atoms with Gasteiger partial charge in [-0.25, -0.2) is 0 Å². The monoisotopic (exact) mass is 294 g/mol. The molecule has 3 atom stereocenters. The van der Waals surface area contributed by atoms with Gasteiger partial charge in [0.1, 0.15) is 6.61 Å². The average molecular weight is 294 g/mol. The van der Waals surface area contributed by atoms with Crippen LogP contribution in [-0.4, -0.2) is 38.2 Å². The van der Waals surface area contributed by atoms with Crippen LogP contribution >= 0.6 is 0 Å². The molecule has 1 fully saturated rings. The van der Waals surface area contributed by atoms with Crippen molar-refractivity contribution in [3.63, 3.8) is 0 Å². The van der Waals surface area contributed by atoms with Crippen molar-refractivity contribution in [1.29, 1.82) is 0 Å². The van der Waals surface area contributed by atoms with E-state index in [9.17, 15) is 4.79 Å². The molecule has 1 aromatic carbocycles. The molecule has 2 rings (SSSR count). The lowest BCUT2D eigenvalue weighted by atomic mass is 10.1. The van der Waals surface area contributed by atoms with Gasteiger partial charge in [-0.1, -0.05) is 30.3 Å². The van der Waals surface area contributed by atoms with E-state index in [0.717, 1.165) is 5.56 Å². The predicted octanol–water partition coefficient (Wildman–Crippen LogP) is 2.29. The highest BCUT2D eigenvalue weighted by Crippen LogP contribution is 2.24. The molecular formula is C16H22O5. The molecule has 1 aliphatic heterocycles. The second-order valence-electron chi connectivity index (χ2n) is 5.12. The SMILES string of the molecule is COC1CC(OCc2ccccc2)CC(COC(C)=O)O1. The molecule has 1 aliphatic rings. The molecule has 0 aliphatic carbocycles. The zero-order chi connectivity index (χ0) is 15.1. The van der Waals surface area contributed by atoms with Crippen LogP contribution in [-0.2, 0) is 30.3 Å². The summed E-state index contributed by atoms with van der Waals surface area (Å²) in [6.45, 7) is 2.18. The van der Waals surface area contributed by atoms with Gasteiger partial charge < -0.3 is 18.9 Å². The predicted molar refractivity (Wildman–Crippen MR) is 76.6 cm³/mol. The molecule has 5 nitrogen and oxygen atoms in total. The minimum Gasteiger partial charge on any atom is -0.463 e. The number of esters is 1. The van der Waals surface area contributed by atoms with Crippen LogP contribution in [0.15, 0.2) is 30.3 Å². The third-order valence-corrected chi connectivity index (χ3v) is 3.39. The van der Waals surface area contributed by atoms with Gasteiger partial charge in [-0.3, -0.25) is 4.79 Å². The first-order valence-electron chi connectivity index (χ1n) is 7.14. The Kier molecular flexibility index (Phi) is 6.17. The lowest BCUT2D eigenvalue weighted by Crippen LogP contribution is -2.40. The van der Waals surface area contributed by atoms with Crippen LogP contribution in [0.1, 0.15) is 25.3 Å². The van der Waals surface area contributed by atoms with Gasteiger partial charge in [-0.05, 0) is 5.56 Å². The Labute approximate surface area is 125 Å². The Morgan fingerprint density at radius 2 is 2.05 bits per heavy atom. The van der Waals surface area contributed by atoms with E-state index in [1.54, 1.807) is 7.11 Å². The second-order valence-corrected chi connectivity index (χ2v) is 5.12. The fourth-order valence-corrected chi connectivity index (χ4v) is 2.32. The molecule has 3 unspecified atom stereocenters. The first-order chi connectivity index (χ1) is 10.2. The molecule has 21 heavy (non-hydrogen) atoms. The Morgan fingerprint density at radius 1 is 1.29 bits per heavy atom. The van der Waals surface area contributed by atoms with Crippen LogP contribution in [0.25, 0.3) is 0 Å². The number of benzene rings is 1. The van der Waals surface area contributed by atoms with Gasteiger partial charge in [-0.15, -0.1) is 0 Å². The zero-order valence-corrected chi connectivity index (χ0v) is 12.5. The molecule has 0 bridgehead atoms. The molecule has 1 saturated heterocycles. The van der Waals surface area contributed by atoms with Gasteiger partial charge in [0.2, 0.25) is 0 Å². The lowest BCUT2D eigenvalue weighted by molar-refractivity contribution is -0.222. The highest BCUT2D eigenvalue weighted by atomic mass is 16.7. The largest absolute Gasteiger partial charge is 0.463 e. The Hall–Kier alpha value is -1.43. The first-order valence-corrected chi connectivity index (χ1v) is 7.14. The average Bonchev–Trinajstić information content (AvgIpc) is 2.51. The van der Waals surface area contributed by atoms with E-state index in [1.165, 1.54) is 6.92 Å². The van der Waals surface area contributed by atoms with Crippen molar-refractivity contribution in [1.82, 2.24) is 0 Å². The molecule has 1 aromatic rings. The fraction of sp³-hybridized carbons (Fsp3) is 0.562. The summed E-state index contributed by atoms with van der Waals surface area (Å²) in [4.78, 5) is 10.9. The Morgan fingerprint density at radius 3 is 2.71 bits per heavy atom. The van der Waals surface area contributed by atoms with E-state index in [0.29, 0.717) is 19.4 Å². The van der Waals surface area contributed by atoms with Crippen molar-refractivity contribution in [3.05, 3.63) is 35.9 Å². The van der Waals surface area contributed by atoms with E-state index in [4.69, 9.17) is 18.9 Å². The molecule has 116 valence electrons. The second kappa shape index (κ2) is 8.12. The molecule has 0 aromatic heterocycles. The van der Waals surface area contributed by atoms with E-state index in [1.807, 2.05) is 30.3 Å². The van der Waals surface area contributed by atoms with Gasteiger partial charge >= 0.3 is 5.97 Å². The van der Waals surface area contributed by atoms with Gasteiger partial charge in [0, 0.05) is 26.9 Å². The number of hydrogen-bond donors (Lipinski definition) is 0. The summed E-state index contributed by atoms with van der Waals surface area (Å²) in [7, 11) is 1.60. The number of carbonyl (C=O) groups excluding carboxylic acids is 1. The van der Waals surface area contributed by atoms with Gasteiger partial charge in [0.25, 0.3) is 0 Å². The fourth-order valence-electron chi connectivity index (χ4n) is 2.32. The van der Waals surface area contributed by atoms with E-state index in [-0.39, 0.29) is 31.1 Å². The molecule has 0 radical (unpaired) electrons. The van der Waals surface area contributed by atoms with E-state index in [2.05, 4.69) is 0 Å². The Balaban J connectivity index is 1.84. The van der Waals surface area contributed by atoms with E-state index < -0.39 is 0 Å². The Bertz CT molecular complexity index is 434. The summed E-state index contributed by atoms with van der Waals surface area (Å²) in [5, 5.41) is 0. The van der Waals surface area contributed by atoms with Crippen molar-refractivity contribution in [3.8, 4) is 0 Å². The number of methoxy groups -OCH3 is 1. The lowest BCUT2D eigenvalue weighted by Gasteiger charge is -2.34. The topological polar surface area (TPSA) is 54.0 Å². The van der Waals surface area contributed by atoms with Crippen LogP contribution in [0.3, 0.4) is 0 Å². The normalized spacial score (nSPS) is 25.5. The van der Waals surface area contributed by atoms with Gasteiger partial charge in [-0.2, -0.15) is 0 Å². The van der Waals surface area contributed by atoms with Crippen molar-refractivity contribution in [2.24, 2.45) is 0 Å². The highest BCUT2D eigenvalue weighted by Gasteiger charge is 2.30. The summed E-state index contributed by atoms with van der Waals surface area (Å²) in [5.41, 5.74) is 1.13. The minimum absolute atomic E-state index is 0.0319. The quantitative estimate of drug-likeness (QED) is 0.753. The number of rotatable bonds is 6. The maximum absolute atomic E-state index is 10.9. The molecule has 5 heteroatoms. The third-order valence-electron chi connectivity index (χ3n) is 3.39. The number of ether oxygens (including phenoxy) is 4. The third kappa shape index (κ3) is 5.46. The van der Waals surface area contributed by atoms with Crippen LogP contribution in [0.5, 0.6) is 0 Å². The zero-order valence-electron chi connectivity index (χ0n) is 12.5. The number of carbonyl (C=O) groups is 1. The van der Waals surface area contributed by atoms with Gasteiger partial charge in [0.05, 0.1) is 18.8 Å². The van der Waals surface area contributed by atoms with Crippen LogP contribution in [0, 0.1) is 0 Å². The van der Waals surface area contributed by atoms with E-state index >= 15 is 0 Å². The molecule has 1 heterocycles. The summed E-state index contributed by atoms with van der Waals surface area (Å²) >= 11 is 0. The molecular weight excluding hydrogens is 272 g/mol. The van der Waals surface area contributed by atoms with Crippen molar-refractivity contribution >= 4 is 5.97 Å². The molecule has 0 saturated carbocycles. The van der Waals surface area contributed by atoms with Crippen molar-refractivity contribution < 1.29 is 23.7 Å². The molecule has 0 N–H and O–H groups in total. The van der Waals surface area contributed by atoms with Crippen LogP contribution in [0.4, 0.5) is 0 Å². The summed E-state index contributed by atoms with van der Waals surface area (Å²) in [6.07, 6.45) is 0.901. The highest BCUT2D eigenvalue weighted by molar-refractivity contribution is 5.65. The van der Waals surface area contributed by atoms with Crippen LogP contribution < -0.4 is 0 Å². The first kappa shape index (κ1) is 15.9.